The van der Waals surface area contributed by atoms with E-state index < -0.39 is 0 Å². The van der Waals surface area contributed by atoms with Crippen molar-refractivity contribution in [2.24, 2.45) is 0 Å². The minimum absolute atomic E-state index is 0.346. The van der Waals surface area contributed by atoms with E-state index in [1.807, 2.05) is 30.3 Å². The third kappa shape index (κ3) is 2.46. The highest BCUT2D eigenvalue weighted by Crippen LogP contribution is 2.30. The fourth-order valence-corrected chi connectivity index (χ4v) is 3.29. The predicted octanol–water partition coefficient (Wildman–Crippen LogP) is 3.52. The van der Waals surface area contributed by atoms with E-state index >= 15 is 0 Å². The smallest absolute Gasteiger partial charge is 0.167 e. The molecule has 4 nitrogen and oxygen atoms in total. The van der Waals surface area contributed by atoms with Crippen molar-refractivity contribution in [2.75, 3.05) is 13.1 Å². The Bertz CT molecular complexity index is 796. The van der Waals surface area contributed by atoms with Crippen molar-refractivity contribution in [1.82, 2.24) is 10.1 Å². The average Bonchev–Trinajstić information content (AvgIpc) is 3.16. The van der Waals surface area contributed by atoms with Gasteiger partial charge in [-0.05, 0) is 48.7 Å². The number of rotatable bonds is 3. The molecular weight excluding hydrogens is 276 g/mol. The summed E-state index contributed by atoms with van der Waals surface area (Å²) in [7, 11) is 0. The van der Waals surface area contributed by atoms with Gasteiger partial charge in [0.1, 0.15) is 11.4 Å². The molecule has 2 aromatic carbocycles. The van der Waals surface area contributed by atoms with Crippen molar-refractivity contribution in [3.05, 3.63) is 59.8 Å². The fraction of sp³-hybridized carbons (Fsp3) is 0.278. The molecule has 0 amide bonds. The molecule has 1 fully saturated rings. The lowest BCUT2D eigenvalue weighted by Crippen LogP contribution is -2.20. The van der Waals surface area contributed by atoms with E-state index in [-0.39, 0.29) is 0 Å². The van der Waals surface area contributed by atoms with Crippen LogP contribution in [0.3, 0.4) is 0 Å². The topological polar surface area (TPSA) is 49.5 Å². The first-order valence-corrected chi connectivity index (χ1v) is 7.64. The number of aromatic nitrogens is 1. The molecule has 2 heterocycles. The molecule has 1 aliphatic heterocycles. The average molecular weight is 294 g/mol. The van der Waals surface area contributed by atoms with Crippen molar-refractivity contribution >= 4 is 11.0 Å². The molecule has 0 saturated carbocycles. The van der Waals surface area contributed by atoms with Gasteiger partial charge in [-0.2, -0.15) is 0 Å². The molecule has 1 N–H and O–H groups in total. The van der Waals surface area contributed by atoms with E-state index in [9.17, 15) is 5.11 Å². The maximum Gasteiger partial charge on any atom is 0.167 e. The lowest BCUT2D eigenvalue weighted by atomic mass is 9.98. The molecule has 1 aliphatic rings. The van der Waals surface area contributed by atoms with Crippen LogP contribution < -0.4 is 0 Å². The van der Waals surface area contributed by atoms with Crippen molar-refractivity contribution in [3.63, 3.8) is 0 Å². The third-order valence-electron chi connectivity index (χ3n) is 4.44. The highest BCUT2D eigenvalue weighted by molar-refractivity contribution is 5.79. The second kappa shape index (κ2) is 5.46. The first-order valence-electron chi connectivity index (χ1n) is 7.64. The van der Waals surface area contributed by atoms with Gasteiger partial charge in [0.25, 0.3) is 0 Å². The Labute approximate surface area is 129 Å². The van der Waals surface area contributed by atoms with E-state index in [0.717, 1.165) is 42.7 Å². The Morgan fingerprint density at radius 3 is 3.00 bits per heavy atom. The van der Waals surface area contributed by atoms with Crippen molar-refractivity contribution in [3.8, 4) is 5.75 Å². The molecule has 4 heteroatoms. The Balaban J connectivity index is 1.49. The second-order valence-corrected chi connectivity index (χ2v) is 5.94. The van der Waals surface area contributed by atoms with Crippen LogP contribution in [0.1, 0.15) is 23.6 Å². The minimum atomic E-state index is 0.346. The van der Waals surface area contributed by atoms with E-state index in [0.29, 0.717) is 11.7 Å². The van der Waals surface area contributed by atoms with Crippen LogP contribution in [-0.2, 0) is 6.54 Å². The number of likely N-dealkylation sites (tertiary alicyclic amines) is 1. The molecule has 1 unspecified atom stereocenters. The number of aromatic hydroxyl groups is 1. The number of phenolic OH excluding ortho intramolecular Hbond substituents is 1. The largest absolute Gasteiger partial charge is 0.508 e. The molecule has 1 atom stereocenters. The monoisotopic (exact) mass is 294 g/mol. The minimum Gasteiger partial charge on any atom is -0.508 e. The van der Waals surface area contributed by atoms with Crippen molar-refractivity contribution in [2.45, 2.75) is 18.9 Å². The highest BCUT2D eigenvalue weighted by Gasteiger charge is 2.25. The summed E-state index contributed by atoms with van der Waals surface area (Å²) in [6.45, 7) is 2.85. The molecule has 0 bridgehead atoms. The third-order valence-corrected chi connectivity index (χ3v) is 4.44. The van der Waals surface area contributed by atoms with Crippen molar-refractivity contribution < 1.29 is 9.63 Å². The standard InChI is InChI=1S/C18H18N2O2/c21-15-5-3-4-13(10-15)14-8-9-20(11-14)12-17-16-6-1-2-7-18(16)22-19-17/h1-7,10,14,21H,8-9,11-12H2. The number of nitrogens with zero attached hydrogens (tertiary/aromatic N) is 2. The summed E-state index contributed by atoms with van der Waals surface area (Å²) in [5, 5.41) is 14.9. The van der Waals surface area contributed by atoms with E-state index in [2.05, 4.69) is 22.2 Å². The predicted molar refractivity (Wildman–Crippen MR) is 84.8 cm³/mol. The molecule has 1 aromatic heterocycles. The molecule has 0 spiro atoms. The van der Waals surface area contributed by atoms with Crippen LogP contribution in [-0.4, -0.2) is 28.3 Å². The summed E-state index contributed by atoms with van der Waals surface area (Å²) in [5.74, 6) is 0.823. The fourth-order valence-electron chi connectivity index (χ4n) is 3.29. The van der Waals surface area contributed by atoms with E-state index in [4.69, 9.17) is 4.52 Å². The number of fused-ring (bicyclic) bond motifs is 1. The van der Waals surface area contributed by atoms with Crippen LogP contribution in [0.25, 0.3) is 11.0 Å². The molecule has 1 saturated heterocycles. The summed E-state index contributed by atoms with van der Waals surface area (Å²) >= 11 is 0. The highest BCUT2D eigenvalue weighted by atomic mass is 16.5. The molecular formula is C18H18N2O2. The number of benzene rings is 2. The SMILES string of the molecule is Oc1cccc(C2CCN(Cc3noc4ccccc34)C2)c1. The quantitative estimate of drug-likeness (QED) is 0.803. The second-order valence-electron chi connectivity index (χ2n) is 5.94. The number of phenols is 1. The van der Waals surface area contributed by atoms with Crippen LogP contribution >= 0.6 is 0 Å². The first kappa shape index (κ1) is 13.3. The zero-order valence-corrected chi connectivity index (χ0v) is 12.3. The lowest BCUT2D eigenvalue weighted by Gasteiger charge is -2.15. The number of hydrogen-bond donors (Lipinski definition) is 1. The van der Waals surface area contributed by atoms with Gasteiger partial charge in [0.15, 0.2) is 5.58 Å². The molecule has 3 aromatic rings. The van der Waals surface area contributed by atoms with E-state index in [1.165, 1.54) is 5.56 Å². The van der Waals surface area contributed by atoms with Gasteiger partial charge < -0.3 is 9.63 Å². The zero-order valence-electron chi connectivity index (χ0n) is 12.3. The molecule has 0 radical (unpaired) electrons. The van der Waals surface area contributed by atoms with Gasteiger partial charge in [-0.3, -0.25) is 4.90 Å². The van der Waals surface area contributed by atoms with Gasteiger partial charge in [-0.15, -0.1) is 0 Å². The molecule has 0 aliphatic carbocycles. The van der Waals surface area contributed by atoms with Crippen LogP contribution in [0, 0.1) is 0 Å². The summed E-state index contributed by atoms with van der Waals surface area (Å²) in [6.07, 6.45) is 1.11. The van der Waals surface area contributed by atoms with Crippen LogP contribution in [0.2, 0.25) is 0 Å². The van der Waals surface area contributed by atoms with Crippen molar-refractivity contribution in [1.29, 1.82) is 0 Å². The number of hydrogen-bond acceptors (Lipinski definition) is 4. The first-order chi connectivity index (χ1) is 10.8. The molecule has 4 rings (SSSR count). The zero-order chi connectivity index (χ0) is 14.9. The van der Waals surface area contributed by atoms with Gasteiger partial charge in [0, 0.05) is 18.5 Å². The Morgan fingerprint density at radius 2 is 2.09 bits per heavy atom. The molecule has 112 valence electrons. The molecule has 22 heavy (non-hydrogen) atoms. The summed E-state index contributed by atoms with van der Waals surface area (Å²) in [6, 6.07) is 15.6. The summed E-state index contributed by atoms with van der Waals surface area (Å²) in [5.41, 5.74) is 3.07. The number of para-hydroxylation sites is 1. The lowest BCUT2D eigenvalue weighted by molar-refractivity contribution is 0.313. The van der Waals surface area contributed by atoms with Crippen LogP contribution in [0.4, 0.5) is 0 Å². The maximum atomic E-state index is 9.63. The maximum absolute atomic E-state index is 9.63. The summed E-state index contributed by atoms with van der Waals surface area (Å²) in [4.78, 5) is 2.40. The van der Waals surface area contributed by atoms with Crippen LogP contribution in [0.15, 0.2) is 53.1 Å². The summed E-state index contributed by atoms with van der Waals surface area (Å²) < 4.78 is 5.38. The van der Waals surface area contributed by atoms with Gasteiger partial charge in [0.05, 0.1) is 0 Å². The van der Waals surface area contributed by atoms with Gasteiger partial charge in [-0.1, -0.05) is 29.4 Å². The Hall–Kier alpha value is -2.33. The van der Waals surface area contributed by atoms with Gasteiger partial charge >= 0.3 is 0 Å². The normalized spacial score (nSPS) is 19.0. The Morgan fingerprint density at radius 1 is 1.18 bits per heavy atom. The van der Waals surface area contributed by atoms with E-state index in [1.54, 1.807) is 6.07 Å². The van der Waals surface area contributed by atoms with Gasteiger partial charge in [0.2, 0.25) is 0 Å². The Kier molecular flexibility index (Phi) is 3.31. The van der Waals surface area contributed by atoms with Crippen LogP contribution in [0.5, 0.6) is 5.75 Å². The van der Waals surface area contributed by atoms with Gasteiger partial charge in [-0.25, -0.2) is 0 Å².